The number of aryl methyl sites for hydroxylation is 1. The number of nitrogens with one attached hydrogen (secondary N) is 2. The van der Waals surface area contributed by atoms with Crippen LogP contribution in [-0.2, 0) is 0 Å². The van der Waals surface area contributed by atoms with Crippen LogP contribution in [0, 0.1) is 6.92 Å². The molecule has 0 unspecified atom stereocenters. The molecule has 0 amide bonds. The van der Waals surface area contributed by atoms with Crippen LogP contribution in [-0.4, -0.2) is 27.1 Å². The van der Waals surface area contributed by atoms with Gasteiger partial charge in [-0.2, -0.15) is 4.98 Å². The summed E-state index contributed by atoms with van der Waals surface area (Å²) in [5, 5.41) is 7.32. The molecule has 1 aromatic rings. The van der Waals surface area contributed by atoms with E-state index in [9.17, 15) is 0 Å². The van der Waals surface area contributed by atoms with Gasteiger partial charge in [0.15, 0.2) is 5.82 Å². The lowest BCUT2D eigenvalue weighted by atomic mass is 9.79. The molecule has 0 aliphatic carbocycles. The number of nitrogen functional groups attached to an aromatic ring is 1. The third-order valence-electron chi connectivity index (χ3n) is 3.64. The maximum atomic E-state index is 6.04. The molecule has 2 heterocycles. The second kappa shape index (κ2) is 5.04. The van der Waals surface area contributed by atoms with Crippen LogP contribution in [0.25, 0.3) is 0 Å². The highest BCUT2D eigenvalue weighted by Crippen LogP contribution is 2.31. The van der Waals surface area contributed by atoms with Crippen molar-refractivity contribution in [1.29, 1.82) is 0 Å². The molecule has 1 aromatic heterocycles. The van der Waals surface area contributed by atoms with Gasteiger partial charge in [0.1, 0.15) is 0 Å². The lowest BCUT2D eigenvalue weighted by Crippen LogP contribution is -2.60. The minimum Gasteiger partial charge on any atom is -0.394 e. The highest BCUT2D eigenvalue weighted by molar-refractivity contribution is 6.28. The molecule has 0 aromatic carbocycles. The van der Waals surface area contributed by atoms with Crippen LogP contribution in [0.15, 0.2) is 0 Å². The van der Waals surface area contributed by atoms with E-state index in [1.165, 1.54) is 0 Å². The largest absolute Gasteiger partial charge is 0.394 e. The molecule has 0 atom stereocenters. The summed E-state index contributed by atoms with van der Waals surface area (Å²) < 4.78 is 0. The van der Waals surface area contributed by atoms with Crippen LogP contribution in [0.4, 0.5) is 11.5 Å². The Kier molecular flexibility index (Phi) is 3.86. The Bertz CT molecular complexity index is 497. The van der Waals surface area contributed by atoms with Gasteiger partial charge in [0.25, 0.3) is 0 Å². The molecule has 1 saturated heterocycles. The molecular weight excluding hydrogens is 274 g/mol. The highest BCUT2D eigenvalue weighted by atomic mass is 35.5. The molecule has 5 nitrogen and oxygen atoms in total. The summed E-state index contributed by atoms with van der Waals surface area (Å²) in [4.78, 5) is 8.28. The van der Waals surface area contributed by atoms with Crippen LogP contribution in [0.2, 0.25) is 5.28 Å². The molecule has 4 N–H and O–H groups in total. The maximum Gasteiger partial charge on any atom is 0.224 e. The first-order valence-electron chi connectivity index (χ1n) is 6.93. The lowest BCUT2D eigenvalue weighted by molar-refractivity contribution is 0.170. The number of anilines is 2. The van der Waals surface area contributed by atoms with E-state index < -0.39 is 0 Å². The number of rotatable bonds is 2. The Balaban J connectivity index is 2.22. The van der Waals surface area contributed by atoms with E-state index in [1.807, 2.05) is 6.92 Å². The summed E-state index contributed by atoms with van der Waals surface area (Å²) in [5.41, 5.74) is 7.46. The topological polar surface area (TPSA) is 75.9 Å². The van der Waals surface area contributed by atoms with E-state index in [0.717, 1.165) is 12.8 Å². The SMILES string of the molecule is Cc1nc(Cl)nc(NC2CC(C)(C)NC(C)(C)C2)c1N. The molecule has 0 saturated carbocycles. The number of nitrogens with two attached hydrogens (primary N) is 1. The van der Waals surface area contributed by atoms with Gasteiger partial charge in [0, 0.05) is 17.1 Å². The quantitative estimate of drug-likeness (QED) is 0.732. The zero-order valence-corrected chi connectivity index (χ0v) is 13.6. The van der Waals surface area contributed by atoms with E-state index in [1.54, 1.807) is 0 Å². The predicted octanol–water partition coefficient (Wildman–Crippen LogP) is 2.74. The summed E-state index contributed by atoms with van der Waals surface area (Å²) in [6.07, 6.45) is 1.99. The van der Waals surface area contributed by atoms with E-state index >= 15 is 0 Å². The van der Waals surface area contributed by atoms with Crippen molar-refractivity contribution in [2.45, 2.75) is 64.6 Å². The first kappa shape index (κ1) is 15.3. The van der Waals surface area contributed by atoms with Gasteiger partial charge >= 0.3 is 0 Å². The van der Waals surface area contributed by atoms with Gasteiger partial charge < -0.3 is 16.4 Å². The van der Waals surface area contributed by atoms with Crippen molar-refractivity contribution in [3.05, 3.63) is 11.0 Å². The van der Waals surface area contributed by atoms with Gasteiger partial charge in [-0.1, -0.05) is 0 Å². The zero-order valence-electron chi connectivity index (χ0n) is 12.8. The molecule has 112 valence electrons. The standard InChI is InChI=1S/C14H24ClN5/c1-8-10(16)11(19-12(15)17-8)18-9-6-13(2,3)20-14(4,5)7-9/h9,20H,6-7,16H2,1-5H3,(H,17,18,19). The average molecular weight is 298 g/mol. The van der Waals surface area contributed by atoms with Gasteiger partial charge in [0.05, 0.1) is 11.4 Å². The minimum atomic E-state index is 0.0695. The Labute approximate surface area is 125 Å². The third-order valence-corrected chi connectivity index (χ3v) is 3.81. The molecular formula is C14H24ClN5. The summed E-state index contributed by atoms with van der Waals surface area (Å²) in [5.74, 6) is 0.640. The van der Waals surface area contributed by atoms with Gasteiger partial charge in [0.2, 0.25) is 5.28 Å². The van der Waals surface area contributed by atoms with Gasteiger partial charge in [-0.15, -0.1) is 0 Å². The normalized spacial score (nSPS) is 21.7. The van der Waals surface area contributed by atoms with Crippen LogP contribution >= 0.6 is 11.6 Å². The van der Waals surface area contributed by atoms with Crippen molar-refractivity contribution in [3.63, 3.8) is 0 Å². The van der Waals surface area contributed by atoms with Gasteiger partial charge in [-0.3, -0.25) is 0 Å². The number of hydrogen-bond donors (Lipinski definition) is 3. The average Bonchev–Trinajstić information content (AvgIpc) is 2.20. The molecule has 1 aliphatic rings. The van der Waals surface area contributed by atoms with Gasteiger partial charge in [-0.25, -0.2) is 4.98 Å². The summed E-state index contributed by atoms with van der Waals surface area (Å²) in [6.45, 7) is 10.7. The van der Waals surface area contributed by atoms with Crippen LogP contribution in [0.1, 0.15) is 46.2 Å². The lowest BCUT2D eigenvalue weighted by Gasteiger charge is -2.46. The molecule has 6 heteroatoms. The van der Waals surface area contributed by atoms with Crippen LogP contribution in [0.3, 0.4) is 0 Å². The predicted molar refractivity (Wildman–Crippen MR) is 84.1 cm³/mol. The highest BCUT2D eigenvalue weighted by Gasteiger charge is 2.37. The summed E-state index contributed by atoms with van der Waals surface area (Å²) >= 11 is 5.92. The van der Waals surface area contributed by atoms with Crippen molar-refractivity contribution in [2.24, 2.45) is 0 Å². The molecule has 2 rings (SSSR count). The van der Waals surface area contributed by atoms with Crippen molar-refractivity contribution in [3.8, 4) is 0 Å². The van der Waals surface area contributed by atoms with E-state index in [-0.39, 0.29) is 16.4 Å². The summed E-state index contributed by atoms with van der Waals surface area (Å²) in [7, 11) is 0. The molecule has 1 aliphatic heterocycles. The fourth-order valence-electron chi connectivity index (χ4n) is 3.28. The van der Waals surface area contributed by atoms with E-state index in [2.05, 4.69) is 48.3 Å². The van der Waals surface area contributed by atoms with Gasteiger partial charge in [-0.05, 0) is 59.1 Å². The smallest absolute Gasteiger partial charge is 0.224 e. The second-order valence-electron chi connectivity index (χ2n) is 6.98. The molecule has 0 bridgehead atoms. The van der Waals surface area contributed by atoms with Crippen LogP contribution < -0.4 is 16.4 Å². The van der Waals surface area contributed by atoms with Crippen LogP contribution in [0.5, 0.6) is 0 Å². The van der Waals surface area contributed by atoms with E-state index in [4.69, 9.17) is 17.3 Å². The fourth-order valence-corrected chi connectivity index (χ4v) is 3.49. The summed E-state index contributed by atoms with van der Waals surface area (Å²) in [6, 6.07) is 0.300. The first-order chi connectivity index (χ1) is 9.08. The van der Waals surface area contributed by atoms with E-state index in [0.29, 0.717) is 23.2 Å². The molecule has 0 spiro atoms. The van der Waals surface area contributed by atoms with Crippen molar-refractivity contribution >= 4 is 23.1 Å². The number of aromatic nitrogens is 2. The van der Waals surface area contributed by atoms with Crippen molar-refractivity contribution in [2.75, 3.05) is 11.1 Å². The number of halogens is 1. The zero-order chi connectivity index (χ0) is 15.1. The number of nitrogens with zero attached hydrogens (tertiary/aromatic N) is 2. The van der Waals surface area contributed by atoms with Crippen molar-refractivity contribution in [1.82, 2.24) is 15.3 Å². The van der Waals surface area contributed by atoms with Crippen molar-refractivity contribution < 1.29 is 0 Å². The molecule has 1 fully saturated rings. The molecule has 20 heavy (non-hydrogen) atoms. The monoisotopic (exact) mass is 297 g/mol. The Morgan fingerprint density at radius 2 is 1.75 bits per heavy atom. The fraction of sp³-hybridized carbons (Fsp3) is 0.714. The second-order valence-corrected chi connectivity index (χ2v) is 7.32. The molecule has 0 radical (unpaired) electrons. The Hall–Kier alpha value is -1.07. The first-order valence-corrected chi connectivity index (χ1v) is 7.31. The maximum absolute atomic E-state index is 6.04. The number of hydrogen-bond acceptors (Lipinski definition) is 5. The minimum absolute atomic E-state index is 0.0695. The third kappa shape index (κ3) is 3.52. The Morgan fingerprint density at radius 3 is 2.30 bits per heavy atom. The number of piperidine rings is 1. The Morgan fingerprint density at radius 1 is 1.20 bits per heavy atom.